The van der Waals surface area contributed by atoms with Gasteiger partial charge in [-0.3, -0.25) is 4.79 Å². The summed E-state index contributed by atoms with van der Waals surface area (Å²) in [5, 5.41) is 15.1. The van der Waals surface area contributed by atoms with Crippen LogP contribution in [0, 0.1) is 18.3 Å². The molecule has 0 saturated heterocycles. The normalized spacial score (nSPS) is 9.81. The number of nitriles is 1. The molecule has 0 spiro atoms. The lowest BCUT2D eigenvalue weighted by Crippen LogP contribution is -2.14. The van der Waals surface area contributed by atoms with Gasteiger partial charge in [0.15, 0.2) is 0 Å². The van der Waals surface area contributed by atoms with Crippen molar-refractivity contribution in [1.29, 1.82) is 5.26 Å². The van der Waals surface area contributed by atoms with Crippen LogP contribution in [0.1, 0.15) is 21.6 Å². The summed E-state index contributed by atoms with van der Waals surface area (Å²) < 4.78 is 0. The Labute approximate surface area is 127 Å². The molecule has 2 N–H and O–H groups in total. The van der Waals surface area contributed by atoms with Crippen LogP contribution in [0.25, 0.3) is 0 Å². The minimum absolute atomic E-state index is 0.323. The Morgan fingerprint density at radius 3 is 2.76 bits per heavy atom. The van der Waals surface area contributed by atoms with Crippen molar-refractivity contribution in [2.75, 3.05) is 17.7 Å². The van der Waals surface area contributed by atoms with Crippen molar-refractivity contribution in [3.63, 3.8) is 0 Å². The van der Waals surface area contributed by atoms with E-state index in [1.807, 2.05) is 6.07 Å². The number of aryl methyl sites for hydroxylation is 1. The van der Waals surface area contributed by atoms with Gasteiger partial charge in [0, 0.05) is 23.3 Å². The Hall–Kier alpha value is -2.58. The number of anilines is 2. The Bertz CT molecular complexity index is 737. The van der Waals surface area contributed by atoms with Crippen molar-refractivity contribution in [2.45, 2.75) is 6.92 Å². The summed E-state index contributed by atoms with van der Waals surface area (Å²) in [5.74, 6) is 0.280. The summed E-state index contributed by atoms with van der Waals surface area (Å²) in [6.07, 6.45) is 0. The maximum Gasteiger partial charge on any atom is 0.255 e. The maximum atomic E-state index is 12.3. The minimum atomic E-state index is -0.323. The molecule has 1 heterocycles. The van der Waals surface area contributed by atoms with E-state index >= 15 is 0 Å². The van der Waals surface area contributed by atoms with E-state index in [4.69, 9.17) is 16.9 Å². The Balaban J connectivity index is 2.32. The predicted molar refractivity (Wildman–Crippen MR) is 82.6 cm³/mol. The van der Waals surface area contributed by atoms with Gasteiger partial charge in [0.25, 0.3) is 5.91 Å². The van der Waals surface area contributed by atoms with E-state index in [0.717, 1.165) is 5.69 Å². The Kier molecular flexibility index (Phi) is 4.41. The Morgan fingerprint density at radius 1 is 1.33 bits per heavy atom. The van der Waals surface area contributed by atoms with E-state index < -0.39 is 0 Å². The molecule has 2 aromatic rings. The fourth-order valence-electron chi connectivity index (χ4n) is 1.84. The first-order valence-electron chi connectivity index (χ1n) is 6.21. The summed E-state index contributed by atoms with van der Waals surface area (Å²) in [7, 11) is 1.73. The maximum absolute atomic E-state index is 12.3. The molecule has 106 valence electrons. The number of hydrogen-bond acceptors (Lipinski definition) is 4. The average molecular weight is 301 g/mol. The van der Waals surface area contributed by atoms with Crippen LogP contribution in [0.5, 0.6) is 0 Å². The first-order chi connectivity index (χ1) is 10.0. The number of aromatic nitrogens is 1. The standard InChI is InChI=1S/C15H13ClN4O/c1-9-5-11(6-14(18-2)19-9)15(21)20-13-7-12(16)4-3-10(13)8-17/h3-7H,1-2H3,(H,18,19)(H,20,21). The van der Waals surface area contributed by atoms with Crippen LogP contribution in [0.3, 0.4) is 0 Å². The predicted octanol–water partition coefficient (Wildman–Crippen LogP) is 3.21. The van der Waals surface area contributed by atoms with Gasteiger partial charge < -0.3 is 10.6 Å². The summed E-state index contributed by atoms with van der Waals surface area (Å²) >= 11 is 5.90. The molecule has 5 nitrogen and oxygen atoms in total. The number of pyridine rings is 1. The third-order valence-corrected chi connectivity index (χ3v) is 3.06. The molecule has 1 amide bonds. The second kappa shape index (κ2) is 6.25. The third-order valence-electron chi connectivity index (χ3n) is 2.82. The van der Waals surface area contributed by atoms with E-state index in [1.54, 1.807) is 44.3 Å². The van der Waals surface area contributed by atoms with Gasteiger partial charge >= 0.3 is 0 Å². The average Bonchev–Trinajstić information content (AvgIpc) is 2.46. The molecule has 1 aromatic heterocycles. The lowest BCUT2D eigenvalue weighted by molar-refractivity contribution is 0.102. The van der Waals surface area contributed by atoms with Gasteiger partial charge in [0.05, 0.1) is 11.3 Å². The van der Waals surface area contributed by atoms with E-state index in [-0.39, 0.29) is 5.91 Å². The van der Waals surface area contributed by atoms with Gasteiger partial charge in [-0.1, -0.05) is 11.6 Å². The SMILES string of the molecule is CNc1cc(C(=O)Nc2cc(Cl)ccc2C#N)cc(C)n1. The molecule has 0 bridgehead atoms. The number of amides is 1. The van der Waals surface area contributed by atoms with Crippen molar-refractivity contribution in [3.05, 3.63) is 52.2 Å². The fraction of sp³-hybridized carbons (Fsp3) is 0.133. The first-order valence-corrected chi connectivity index (χ1v) is 6.58. The van der Waals surface area contributed by atoms with Crippen LogP contribution in [0.15, 0.2) is 30.3 Å². The largest absolute Gasteiger partial charge is 0.373 e. The molecule has 0 unspecified atom stereocenters. The topological polar surface area (TPSA) is 77.8 Å². The number of rotatable bonds is 3. The summed E-state index contributed by atoms with van der Waals surface area (Å²) in [4.78, 5) is 16.5. The molecular formula is C15H13ClN4O. The lowest BCUT2D eigenvalue weighted by Gasteiger charge is -2.09. The van der Waals surface area contributed by atoms with Crippen molar-refractivity contribution < 1.29 is 4.79 Å². The lowest BCUT2D eigenvalue weighted by atomic mass is 10.1. The number of benzene rings is 1. The molecule has 0 fully saturated rings. The van der Waals surface area contributed by atoms with E-state index in [0.29, 0.717) is 27.7 Å². The smallest absolute Gasteiger partial charge is 0.255 e. The molecule has 0 saturated carbocycles. The molecular weight excluding hydrogens is 288 g/mol. The van der Waals surface area contributed by atoms with Crippen molar-refractivity contribution in [2.24, 2.45) is 0 Å². The highest BCUT2D eigenvalue weighted by molar-refractivity contribution is 6.31. The third kappa shape index (κ3) is 3.50. The number of hydrogen-bond donors (Lipinski definition) is 2. The molecule has 6 heteroatoms. The molecule has 0 radical (unpaired) electrons. The first kappa shape index (κ1) is 14.8. The highest BCUT2D eigenvalue weighted by Crippen LogP contribution is 2.21. The minimum Gasteiger partial charge on any atom is -0.373 e. The van der Waals surface area contributed by atoms with Crippen LogP contribution in [0.4, 0.5) is 11.5 Å². The fourth-order valence-corrected chi connectivity index (χ4v) is 2.01. The zero-order valence-electron chi connectivity index (χ0n) is 11.6. The summed E-state index contributed by atoms with van der Waals surface area (Å²) in [5.41, 5.74) is 1.91. The van der Waals surface area contributed by atoms with Crippen molar-refractivity contribution >= 4 is 29.0 Å². The van der Waals surface area contributed by atoms with Gasteiger partial charge in [0.2, 0.25) is 0 Å². The van der Waals surface area contributed by atoms with Crippen molar-refractivity contribution in [3.8, 4) is 6.07 Å². The second-order valence-corrected chi connectivity index (χ2v) is 4.82. The zero-order chi connectivity index (χ0) is 15.4. The quantitative estimate of drug-likeness (QED) is 0.912. The van der Waals surface area contributed by atoms with E-state index in [1.165, 1.54) is 0 Å². The van der Waals surface area contributed by atoms with E-state index in [9.17, 15) is 4.79 Å². The van der Waals surface area contributed by atoms with Gasteiger partial charge in [-0.2, -0.15) is 5.26 Å². The Morgan fingerprint density at radius 2 is 2.10 bits per heavy atom. The highest BCUT2D eigenvalue weighted by Gasteiger charge is 2.11. The van der Waals surface area contributed by atoms with Gasteiger partial charge in [-0.05, 0) is 37.3 Å². The number of carbonyl (C=O) groups excluding carboxylic acids is 1. The molecule has 0 aliphatic carbocycles. The number of carbonyl (C=O) groups is 1. The number of halogens is 1. The molecule has 2 rings (SSSR count). The molecule has 21 heavy (non-hydrogen) atoms. The molecule has 0 aliphatic heterocycles. The van der Waals surface area contributed by atoms with Crippen LogP contribution in [-0.2, 0) is 0 Å². The summed E-state index contributed by atoms with van der Waals surface area (Å²) in [6.45, 7) is 1.80. The molecule has 0 aliphatic rings. The van der Waals surface area contributed by atoms with Gasteiger partial charge in [-0.15, -0.1) is 0 Å². The number of nitrogens with zero attached hydrogens (tertiary/aromatic N) is 2. The van der Waals surface area contributed by atoms with Gasteiger partial charge in [-0.25, -0.2) is 4.98 Å². The van der Waals surface area contributed by atoms with E-state index in [2.05, 4.69) is 15.6 Å². The van der Waals surface area contributed by atoms with Gasteiger partial charge in [0.1, 0.15) is 11.9 Å². The van der Waals surface area contributed by atoms with Crippen LogP contribution in [0.2, 0.25) is 5.02 Å². The van der Waals surface area contributed by atoms with Crippen LogP contribution in [-0.4, -0.2) is 17.9 Å². The highest BCUT2D eigenvalue weighted by atomic mass is 35.5. The van der Waals surface area contributed by atoms with Crippen LogP contribution >= 0.6 is 11.6 Å². The monoisotopic (exact) mass is 300 g/mol. The molecule has 0 atom stereocenters. The van der Waals surface area contributed by atoms with Crippen molar-refractivity contribution in [1.82, 2.24) is 4.98 Å². The zero-order valence-corrected chi connectivity index (χ0v) is 12.3. The number of nitrogens with one attached hydrogen (secondary N) is 2. The summed E-state index contributed by atoms with van der Waals surface area (Å²) in [6, 6.07) is 10.0. The molecule has 1 aromatic carbocycles. The van der Waals surface area contributed by atoms with Crippen LogP contribution < -0.4 is 10.6 Å². The second-order valence-electron chi connectivity index (χ2n) is 4.39.